The van der Waals surface area contributed by atoms with Crippen molar-refractivity contribution in [2.75, 3.05) is 18.1 Å². The number of anilines is 1. The molecule has 3 aromatic rings. The number of rotatable bonds is 6. The molecule has 0 fully saturated rings. The predicted molar refractivity (Wildman–Crippen MR) is 116 cm³/mol. The lowest BCUT2D eigenvalue weighted by molar-refractivity contribution is -0.136. The summed E-state index contributed by atoms with van der Waals surface area (Å²) in [5.41, 5.74) is 6.28. The van der Waals surface area contributed by atoms with E-state index in [1.54, 1.807) is 12.1 Å². The highest BCUT2D eigenvalue weighted by Gasteiger charge is 2.30. The summed E-state index contributed by atoms with van der Waals surface area (Å²) in [7, 11) is 0. The first kappa shape index (κ1) is 19.7. The van der Waals surface area contributed by atoms with Crippen molar-refractivity contribution in [3.63, 3.8) is 0 Å². The molecule has 4 rings (SSSR count). The van der Waals surface area contributed by atoms with Gasteiger partial charge in [-0.1, -0.05) is 66.2 Å². The minimum absolute atomic E-state index is 0.0410. The lowest BCUT2D eigenvalue weighted by atomic mass is 9.98. The number of hydrogen-bond donors (Lipinski definition) is 1. The maximum Gasteiger partial charge on any atom is 0.414 e. The fraction of sp³-hybridized carbons (Fsp3) is 0.200. The highest BCUT2D eigenvalue weighted by Crippen LogP contribution is 2.44. The second kappa shape index (κ2) is 8.41. The number of ether oxygens (including phenoxy) is 1. The second-order valence-electron chi connectivity index (χ2n) is 7.43. The average Bonchev–Trinajstić information content (AvgIpc) is 3.07. The summed E-state index contributed by atoms with van der Waals surface area (Å²) in [5.74, 6) is -1.00. The van der Waals surface area contributed by atoms with E-state index in [0.717, 1.165) is 27.8 Å². The maximum absolute atomic E-state index is 12.9. The Morgan fingerprint density at radius 2 is 1.47 bits per heavy atom. The van der Waals surface area contributed by atoms with Gasteiger partial charge in [0.2, 0.25) is 0 Å². The monoisotopic (exact) mass is 401 g/mol. The van der Waals surface area contributed by atoms with Gasteiger partial charge in [0.05, 0.1) is 6.42 Å². The van der Waals surface area contributed by atoms with E-state index < -0.39 is 12.1 Å². The molecule has 5 heteroatoms. The Morgan fingerprint density at radius 3 is 2.03 bits per heavy atom. The minimum atomic E-state index is -0.960. The summed E-state index contributed by atoms with van der Waals surface area (Å²) in [4.78, 5) is 25.4. The van der Waals surface area contributed by atoms with Gasteiger partial charge >= 0.3 is 12.1 Å². The van der Waals surface area contributed by atoms with Gasteiger partial charge in [-0.3, -0.25) is 9.69 Å². The molecule has 5 nitrogen and oxygen atoms in total. The second-order valence-corrected chi connectivity index (χ2v) is 7.43. The summed E-state index contributed by atoms with van der Waals surface area (Å²) in [6, 6.07) is 23.7. The Balaban J connectivity index is 1.54. The van der Waals surface area contributed by atoms with Crippen molar-refractivity contribution in [3.05, 3.63) is 89.5 Å². The topological polar surface area (TPSA) is 66.8 Å². The number of benzene rings is 3. The van der Waals surface area contributed by atoms with Gasteiger partial charge in [-0.25, -0.2) is 4.79 Å². The standard InChI is InChI=1S/C25H23NO4/c1-17-10-12-18(13-11-17)26(15-14-24(27)28)25(29)30-16-23-21-8-4-2-6-19(21)20-7-3-5-9-22(20)23/h2-13,23H,14-16H2,1H3,(H,27,28). The zero-order valence-electron chi connectivity index (χ0n) is 16.7. The zero-order chi connectivity index (χ0) is 21.1. The average molecular weight is 401 g/mol. The molecule has 0 unspecified atom stereocenters. The van der Waals surface area contributed by atoms with Gasteiger partial charge in [0.25, 0.3) is 0 Å². The maximum atomic E-state index is 12.9. The summed E-state index contributed by atoms with van der Waals surface area (Å²) in [5, 5.41) is 9.08. The molecule has 0 spiro atoms. The van der Waals surface area contributed by atoms with Crippen LogP contribution in [0.1, 0.15) is 29.0 Å². The molecular weight excluding hydrogens is 378 g/mol. The molecular formula is C25H23NO4. The molecule has 1 amide bonds. The summed E-state index contributed by atoms with van der Waals surface area (Å²) >= 11 is 0. The number of amides is 1. The van der Waals surface area contributed by atoms with E-state index >= 15 is 0 Å². The Bertz CT molecular complexity index is 1030. The predicted octanol–water partition coefficient (Wildman–Crippen LogP) is 5.23. The number of aliphatic carboxylic acids is 1. The van der Waals surface area contributed by atoms with E-state index in [1.165, 1.54) is 4.90 Å². The Hall–Kier alpha value is -3.60. The largest absolute Gasteiger partial charge is 0.481 e. The Morgan fingerprint density at radius 1 is 0.900 bits per heavy atom. The van der Waals surface area contributed by atoms with Gasteiger partial charge in [0.1, 0.15) is 6.61 Å². The number of carbonyl (C=O) groups is 2. The van der Waals surface area contributed by atoms with Gasteiger partial charge in [-0.15, -0.1) is 0 Å². The first-order chi connectivity index (χ1) is 14.5. The van der Waals surface area contributed by atoms with E-state index in [0.29, 0.717) is 5.69 Å². The van der Waals surface area contributed by atoms with Gasteiger partial charge < -0.3 is 9.84 Å². The SMILES string of the molecule is Cc1ccc(N(CCC(=O)O)C(=O)OCC2c3ccccc3-c3ccccc32)cc1. The van der Waals surface area contributed by atoms with Crippen molar-refractivity contribution in [1.29, 1.82) is 0 Å². The van der Waals surface area contributed by atoms with Crippen LogP contribution >= 0.6 is 0 Å². The van der Waals surface area contributed by atoms with Gasteiger partial charge in [-0.2, -0.15) is 0 Å². The molecule has 1 aliphatic carbocycles. The fourth-order valence-corrected chi connectivity index (χ4v) is 3.93. The van der Waals surface area contributed by atoms with Crippen molar-refractivity contribution in [2.24, 2.45) is 0 Å². The first-order valence-corrected chi connectivity index (χ1v) is 9.95. The number of hydrogen-bond acceptors (Lipinski definition) is 3. The molecule has 0 aromatic heterocycles. The van der Waals surface area contributed by atoms with E-state index in [1.807, 2.05) is 43.3 Å². The molecule has 1 N–H and O–H groups in total. The highest BCUT2D eigenvalue weighted by atomic mass is 16.6. The number of nitrogens with zero attached hydrogens (tertiary/aromatic N) is 1. The normalized spacial score (nSPS) is 12.2. The van der Waals surface area contributed by atoms with Crippen LogP contribution in [0, 0.1) is 6.92 Å². The lowest BCUT2D eigenvalue weighted by Gasteiger charge is -2.23. The summed E-state index contributed by atoms with van der Waals surface area (Å²) < 4.78 is 5.71. The van der Waals surface area contributed by atoms with Crippen molar-refractivity contribution in [3.8, 4) is 11.1 Å². The molecule has 0 saturated carbocycles. The van der Waals surface area contributed by atoms with Gasteiger partial charge in [0.15, 0.2) is 0 Å². The van der Waals surface area contributed by atoms with E-state index in [9.17, 15) is 9.59 Å². The van der Waals surface area contributed by atoms with Crippen LogP contribution in [0.15, 0.2) is 72.8 Å². The molecule has 0 bridgehead atoms. The fourth-order valence-electron chi connectivity index (χ4n) is 3.93. The molecule has 0 radical (unpaired) electrons. The van der Waals surface area contributed by atoms with Crippen LogP contribution < -0.4 is 4.90 Å². The highest BCUT2D eigenvalue weighted by molar-refractivity contribution is 5.88. The van der Waals surface area contributed by atoms with Crippen LogP contribution in [0.3, 0.4) is 0 Å². The first-order valence-electron chi connectivity index (χ1n) is 9.95. The molecule has 0 saturated heterocycles. The number of carboxylic acids is 1. The summed E-state index contributed by atoms with van der Waals surface area (Å²) in [6.07, 6.45) is -0.695. The van der Waals surface area contributed by atoms with Crippen molar-refractivity contribution >= 4 is 17.7 Å². The quantitative estimate of drug-likeness (QED) is 0.615. The lowest BCUT2D eigenvalue weighted by Crippen LogP contribution is -2.34. The van der Waals surface area contributed by atoms with Gasteiger partial charge in [-0.05, 0) is 41.3 Å². The van der Waals surface area contributed by atoms with Crippen LogP contribution in [0.4, 0.5) is 10.5 Å². The van der Waals surface area contributed by atoms with Crippen LogP contribution in [-0.2, 0) is 9.53 Å². The molecule has 1 aliphatic rings. The van der Waals surface area contributed by atoms with Crippen LogP contribution in [0.5, 0.6) is 0 Å². The third kappa shape index (κ3) is 3.92. The van der Waals surface area contributed by atoms with E-state index in [-0.39, 0.29) is 25.5 Å². The van der Waals surface area contributed by atoms with Crippen molar-refractivity contribution in [1.82, 2.24) is 0 Å². The van der Waals surface area contributed by atoms with Gasteiger partial charge in [0, 0.05) is 18.2 Å². The molecule has 0 atom stereocenters. The van der Waals surface area contributed by atoms with E-state index in [4.69, 9.17) is 9.84 Å². The Labute approximate surface area is 175 Å². The third-order valence-electron chi connectivity index (χ3n) is 5.45. The minimum Gasteiger partial charge on any atom is -0.481 e. The summed E-state index contributed by atoms with van der Waals surface area (Å²) in [6.45, 7) is 2.20. The van der Waals surface area contributed by atoms with E-state index in [2.05, 4.69) is 24.3 Å². The van der Waals surface area contributed by atoms with Crippen LogP contribution in [0.25, 0.3) is 11.1 Å². The Kier molecular flexibility index (Phi) is 5.53. The molecule has 30 heavy (non-hydrogen) atoms. The number of fused-ring (bicyclic) bond motifs is 3. The smallest absolute Gasteiger partial charge is 0.414 e. The molecule has 0 aliphatic heterocycles. The van der Waals surface area contributed by atoms with Crippen molar-refractivity contribution < 1.29 is 19.4 Å². The number of aryl methyl sites for hydroxylation is 1. The van der Waals surface area contributed by atoms with Crippen LogP contribution in [-0.4, -0.2) is 30.3 Å². The number of carbonyl (C=O) groups excluding carboxylic acids is 1. The zero-order valence-corrected chi connectivity index (χ0v) is 16.7. The molecule has 152 valence electrons. The molecule has 3 aromatic carbocycles. The van der Waals surface area contributed by atoms with Crippen molar-refractivity contribution in [2.45, 2.75) is 19.3 Å². The molecule has 0 heterocycles. The van der Waals surface area contributed by atoms with Crippen LogP contribution in [0.2, 0.25) is 0 Å². The third-order valence-corrected chi connectivity index (χ3v) is 5.45. The number of carboxylic acid groups (broad SMARTS) is 1.